The monoisotopic (exact) mass is 526 g/mol. The van der Waals surface area contributed by atoms with Gasteiger partial charge < -0.3 is 25.0 Å². The lowest BCUT2D eigenvalue weighted by molar-refractivity contribution is 0.145. The smallest absolute Gasteiger partial charge is 0.191 e. The van der Waals surface area contributed by atoms with Crippen LogP contribution in [0.4, 0.5) is 5.69 Å². The van der Waals surface area contributed by atoms with Crippen LogP contribution < -0.4 is 20.3 Å². The average molecular weight is 526 g/mol. The quantitative estimate of drug-likeness (QED) is 0.213. The standard InChI is InChI=1S/C23H34N4O2.HI/c1-6-24-23(25-16-19-8-11-21(12-9-19)27(3)4)26-17-20-10-7-18(2)15-22(20)29-14-13-28-5;/h7-12,15H,6,13-14,16-17H2,1-5H3,(H2,24,25,26);1H. The van der Waals surface area contributed by atoms with Gasteiger partial charge in [-0.05, 0) is 43.2 Å². The topological polar surface area (TPSA) is 58.1 Å². The van der Waals surface area contributed by atoms with Gasteiger partial charge in [-0.2, -0.15) is 0 Å². The lowest BCUT2D eigenvalue weighted by Crippen LogP contribution is -2.36. The van der Waals surface area contributed by atoms with E-state index in [2.05, 4.69) is 71.8 Å². The lowest BCUT2D eigenvalue weighted by Gasteiger charge is -2.15. The molecule has 0 unspecified atom stereocenters. The number of nitrogens with zero attached hydrogens (tertiary/aromatic N) is 2. The van der Waals surface area contributed by atoms with E-state index in [4.69, 9.17) is 14.5 Å². The van der Waals surface area contributed by atoms with Gasteiger partial charge in [0.15, 0.2) is 5.96 Å². The Hall–Kier alpha value is -2.00. The molecule has 0 radical (unpaired) electrons. The van der Waals surface area contributed by atoms with Gasteiger partial charge in [-0.15, -0.1) is 24.0 Å². The largest absolute Gasteiger partial charge is 0.491 e. The summed E-state index contributed by atoms with van der Waals surface area (Å²) in [6, 6.07) is 14.7. The van der Waals surface area contributed by atoms with Crippen molar-refractivity contribution in [1.82, 2.24) is 10.6 Å². The van der Waals surface area contributed by atoms with Crippen LogP contribution in [-0.2, 0) is 17.8 Å². The van der Waals surface area contributed by atoms with Crippen molar-refractivity contribution >= 4 is 35.6 Å². The highest BCUT2D eigenvalue weighted by Gasteiger charge is 2.06. The Kier molecular flexibility index (Phi) is 12.2. The van der Waals surface area contributed by atoms with Crippen molar-refractivity contribution in [3.8, 4) is 5.75 Å². The van der Waals surface area contributed by atoms with Crippen LogP contribution >= 0.6 is 24.0 Å². The number of methoxy groups -OCH3 is 1. The van der Waals surface area contributed by atoms with E-state index in [0.717, 1.165) is 23.8 Å². The third kappa shape index (κ3) is 8.79. The number of hydrogen-bond acceptors (Lipinski definition) is 4. The van der Waals surface area contributed by atoms with E-state index >= 15 is 0 Å². The first-order chi connectivity index (χ1) is 14.0. The van der Waals surface area contributed by atoms with Crippen molar-refractivity contribution in [1.29, 1.82) is 0 Å². The zero-order valence-corrected chi connectivity index (χ0v) is 21.0. The van der Waals surface area contributed by atoms with Crippen LogP contribution in [0.2, 0.25) is 0 Å². The summed E-state index contributed by atoms with van der Waals surface area (Å²) in [5.41, 5.74) is 4.62. The second kappa shape index (κ2) is 14.1. The van der Waals surface area contributed by atoms with E-state index in [1.165, 1.54) is 16.8 Å². The molecule has 0 saturated heterocycles. The van der Waals surface area contributed by atoms with Crippen LogP contribution in [-0.4, -0.2) is 46.9 Å². The van der Waals surface area contributed by atoms with Crippen molar-refractivity contribution in [3.63, 3.8) is 0 Å². The number of benzene rings is 2. The van der Waals surface area contributed by atoms with Crippen LogP contribution in [0.1, 0.15) is 23.6 Å². The molecule has 0 atom stereocenters. The predicted molar refractivity (Wildman–Crippen MR) is 136 cm³/mol. The Balaban J connectivity index is 0.00000450. The second-order valence-electron chi connectivity index (χ2n) is 7.06. The van der Waals surface area contributed by atoms with Gasteiger partial charge in [-0.25, -0.2) is 4.99 Å². The number of aryl methyl sites for hydroxylation is 1. The Bertz CT molecular complexity index is 779. The van der Waals surface area contributed by atoms with Crippen LogP contribution in [0, 0.1) is 6.92 Å². The van der Waals surface area contributed by atoms with E-state index in [1.54, 1.807) is 7.11 Å². The van der Waals surface area contributed by atoms with Gasteiger partial charge in [0.1, 0.15) is 12.4 Å². The Labute approximate surface area is 198 Å². The lowest BCUT2D eigenvalue weighted by atomic mass is 10.1. The number of anilines is 1. The first-order valence-corrected chi connectivity index (χ1v) is 10.0. The zero-order chi connectivity index (χ0) is 21.1. The molecule has 0 aromatic heterocycles. The predicted octanol–water partition coefficient (Wildman–Crippen LogP) is 3.96. The summed E-state index contributed by atoms with van der Waals surface area (Å²) in [6.45, 7) is 7.28. The summed E-state index contributed by atoms with van der Waals surface area (Å²) in [5, 5.41) is 6.71. The van der Waals surface area contributed by atoms with Gasteiger partial charge in [0.25, 0.3) is 0 Å². The molecule has 166 valence electrons. The molecule has 6 nitrogen and oxygen atoms in total. The molecule has 0 aliphatic rings. The number of aliphatic imine (C=N–C) groups is 1. The summed E-state index contributed by atoms with van der Waals surface area (Å²) >= 11 is 0. The number of hydrogen-bond donors (Lipinski definition) is 2. The second-order valence-corrected chi connectivity index (χ2v) is 7.06. The Morgan fingerprint density at radius 3 is 2.40 bits per heavy atom. The minimum Gasteiger partial charge on any atom is -0.491 e. The van der Waals surface area contributed by atoms with Gasteiger partial charge in [0, 0.05) is 45.5 Å². The fourth-order valence-corrected chi connectivity index (χ4v) is 2.77. The Morgan fingerprint density at radius 1 is 1.03 bits per heavy atom. The summed E-state index contributed by atoms with van der Waals surface area (Å²) in [5.74, 6) is 1.66. The van der Waals surface area contributed by atoms with Crippen molar-refractivity contribution in [3.05, 3.63) is 59.2 Å². The third-order valence-electron chi connectivity index (χ3n) is 4.43. The van der Waals surface area contributed by atoms with E-state index in [-0.39, 0.29) is 24.0 Å². The zero-order valence-electron chi connectivity index (χ0n) is 18.7. The molecule has 0 aliphatic heterocycles. The van der Waals surface area contributed by atoms with Crippen LogP contribution in [0.15, 0.2) is 47.5 Å². The SMILES string of the molecule is CCNC(=NCc1ccc(N(C)C)cc1)NCc1ccc(C)cc1OCCOC.I. The fourth-order valence-electron chi connectivity index (χ4n) is 2.77. The van der Waals surface area contributed by atoms with E-state index < -0.39 is 0 Å². The first-order valence-electron chi connectivity index (χ1n) is 10.0. The van der Waals surface area contributed by atoms with E-state index in [9.17, 15) is 0 Å². The molecule has 0 fully saturated rings. The normalized spacial score (nSPS) is 10.9. The maximum absolute atomic E-state index is 5.88. The summed E-state index contributed by atoms with van der Waals surface area (Å²) in [6.07, 6.45) is 0. The van der Waals surface area contributed by atoms with Crippen molar-refractivity contribution in [2.45, 2.75) is 26.9 Å². The highest BCUT2D eigenvalue weighted by atomic mass is 127. The minimum atomic E-state index is 0. The van der Waals surface area contributed by atoms with Crippen molar-refractivity contribution in [2.24, 2.45) is 4.99 Å². The molecule has 2 aromatic carbocycles. The highest BCUT2D eigenvalue weighted by Crippen LogP contribution is 2.20. The summed E-state index contributed by atoms with van der Waals surface area (Å²) in [7, 11) is 5.76. The minimum absolute atomic E-state index is 0. The number of guanidine groups is 1. The van der Waals surface area contributed by atoms with Gasteiger partial charge in [0.05, 0.1) is 13.2 Å². The Morgan fingerprint density at radius 2 is 1.77 bits per heavy atom. The molecule has 7 heteroatoms. The molecular weight excluding hydrogens is 491 g/mol. The number of halogens is 1. The third-order valence-corrected chi connectivity index (χ3v) is 4.43. The molecular formula is C23H35IN4O2. The first kappa shape index (κ1) is 26.0. The number of ether oxygens (including phenoxy) is 2. The van der Waals surface area contributed by atoms with Crippen molar-refractivity contribution < 1.29 is 9.47 Å². The molecule has 0 heterocycles. The number of nitrogens with one attached hydrogen (secondary N) is 2. The van der Waals surface area contributed by atoms with E-state index in [0.29, 0.717) is 26.3 Å². The molecule has 0 bridgehead atoms. The molecule has 0 spiro atoms. The molecule has 2 aromatic rings. The molecule has 0 amide bonds. The molecule has 2 N–H and O–H groups in total. The average Bonchev–Trinajstić information content (AvgIpc) is 2.71. The van der Waals surface area contributed by atoms with Gasteiger partial charge >= 0.3 is 0 Å². The molecule has 30 heavy (non-hydrogen) atoms. The maximum atomic E-state index is 5.88. The van der Waals surface area contributed by atoms with E-state index in [1.807, 2.05) is 14.1 Å². The molecule has 0 saturated carbocycles. The van der Waals surface area contributed by atoms with Gasteiger partial charge in [-0.1, -0.05) is 24.3 Å². The van der Waals surface area contributed by atoms with Crippen LogP contribution in [0.3, 0.4) is 0 Å². The van der Waals surface area contributed by atoms with Crippen molar-refractivity contribution in [2.75, 3.05) is 45.9 Å². The van der Waals surface area contributed by atoms with Crippen LogP contribution in [0.25, 0.3) is 0 Å². The number of rotatable bonds is 10. The maximum Gasteiger partial charge on any atom is 0.191 e. The summed E-state index contributed by atoms with van der Waals surface area (Å²) in [4.78, 5) is 6.81. The summed E-state index contributed by atoms with van der Waals surface area (Å²) < 4.78 is 11.0. The molecule has 0 aliphatic carbocycles. The molecule has 2 rings (SSSR count). The highest BCUT2D eigenvalue weighted by molar-refractivity contribution is 14.0. The van der Waals surface area contributed by atoms with Gasteiger partial charge in [-0.3, -0.25) is 0 Å². The fraction of sp³-hybridized carbons (Fsp3) is 0.435. The van der Waals surface area contributed by atoms with Gasteiger partial charge in [0.2, 0.25) is 0 Å². The van der Waals surface area contributed by atoms with Crippen LogP contribution in [0.5, 0.6) is 5.75 Å².